The summed E-state index contributed by atoms with van der Waals surface area (Å²) in [5, 5.41) is 20.2. The quantitative estimate of drug-likeness (QED) is 0.680. The zero-order valence-electron chi connectivity index (χ0n) is 18.3. The third kappa shape index (κ3) is 8.18. The maximum Gasteiger partial charge on any atom is 0.328 e. The first-order valence-corrected chi connectivity index (χ1v) is 10.7. The van der Waals surface area contributed by atoms with Gasteiger partial charge in [-0.3, -0.25) is 9.58 Å². The van der Waals surface area contributed by atoms with Crippen molar-refractivity contribution in [3.05, 3.63) is 23.9 Å². The predicted octanol–water partition coefficient (Wildman–Crippen LogP) is 3.07. The first-order chi connectivity index (χ1) is 14.1. The fraction of sp³-hybridized carbons (Fsp3) is 0.682. The van der Waals surface area contributed by atoms with Gasteiger partial charge in [-0.15, -0.1) is 5.10 Å². The standard InChI is InChI=1S/C18H31N3O.C4H4O4/c1-18(2,3)15-7-10-20(11-8-15)12-13-22-17-14-16-6-4-5-9-21(16)19-17;5-3(6)1-2-4(7)8/h14-15H,4-13H2,1-3H3;1-2H,(H,5,6)(H,7,8)/b;2-1-. The number of rotatable bonds is 6. The molecule has 0 amide bonds. The van der Waals surface area contributed by atoms with E-state index in [0.717, 1.165) is 37.9 Å². The highest BCUT2D eigenvalue weighted by molar-refractivity contribution is 5.89. The van der Waals surface area contributed by atoms with E-state index in [9.17, 15) is 9.59 Å². The van der Waals surface area contributed by atoms with Gasteiger partial charge in [-0.25, -0.2) is 9.59 Å². The number of hydrogen-bond donors (Lipinski definition) is 2. The fourth-order valence-electron chi connectivity index (χ4n) is 3.91. The Kier molecular flexibility index (Phi) is 8.89. The Bertz CT molecular complexity index is 688. The van der Waals surface area contributed by atoms with Crippen molar-refractivity contribution in [3.8, 4) is 5.88 Å². The third-order valence-corrected chi connectivity index (χ3v) is 5.73. The summed E-state index contributed by atoms with van der Waals surface area (Å²) >= 11 is 0. The molecule has 0 aliphatic carbocycles. The van der Waals surface area contributed by atoms with Crippen LogP contribution in [0.3, 0.4) is 0 Å². The number of likely N-dealkylation sites (tertiary alicyclic amines) is 1. The average molecular weight is 422 g/mol. The second kappa shape index (κ2) is 11.2. The molecule has 1 fully saturated rings. The minimum Gasteiger partial charge on any atom is -0.478 e. The highest BCUT2D eigenvalue weighted by Crippen LogP contribution is 2.34. The minimum atomic E-state index is -1.26. The van der Waals surface area contributed by atoms with Crippen molar-refractivity contribution in [3.63, 3.8) is 0 Å². The summed E-state index contributed by atoms with van der Waals surface area (Å²) in [5.74, 6) is -0.828. The molecule has 2 aliphatic heterocycles. The van der Waals surface area contributed by atoms with Gasteiger partial charge in [0.2, 0.25) is 5.88 Å². The molecule has 1 saturated heterocycles. The molecule has 168 valence electrons. The molecule has 0 bridgehead atoms. The number of carboxylic acid groups (broad SMARTS) is 2. The summed E-state index contributed by atoms with van der Waals surface area (Å²) in [5.41, 5.74) is 1.80. The Labute approximate surface area is 178 Å². The lowest BCUT2D eigenvalue weighted by Gasteiger charge is -2.38. The Balaban J connectivity index is 0.000000343. The van der Waals surface area contributed by atoms with Crippen LogP contribution in [0.2, 0.25) is 0 Å². The molecule has 0 saturated carbocycles. The van der Waals surface area contributed by atoms with Crippen LogP contribution in [0.15, 0.2) is 18.2 Å². The minimum absolute atomic E-state index is 0.456. The molecule has 0 spiro atoms. The lowest BCUT2D eigenvalue weighted by atomic mass is 9.75. The third-order valence-electron chi connectivity index (χ3n) is 5.73. The topological polar surface area (TPSA) is 105 Å². The average Bonchev–Trinajstić information content (AvgIpc) is 3.09. The summed E-state index contributed by atoms with van der Waals surface area (Å²) in [7, 11) is 0. The van der Waals surface area contributed by atoms with Gasteiger partial charge in [-0.2, -0.15) is 0 Å². The Morgan fingerprint density at radius 1 is 1.13 bits per heavy atom. The Hall–Kier alpha value is -2.35. The van der Waals surface area contributed by atoms with E-state index in [1.165, 1.54) is 44.5 Å². The molecule has 0 radical (unpaired) electrons. The molecular formula is C22H35N3O5. The summed E-state index contributed by atoms with van der Waals surface area (Å²) in [6, 6.07) is 2.13. The van der Waals surface area contributed by atoms with Crippen molar-refractivity contribution in [2.24, 2.45) is 11.3 Å². The number of fused-ring (bicyclic) bond motifs is 1. The summed E-state index contributed by atoms with van der Waals surface area (Å²) in [4.78, 5) is 21.6. The van der Waals surface area contributed by atoms with E-state index in [0.29, 0.717) is 17.6 Å². The zero-order chi connectivity index (χ0) is 22.1. The molecule has 3 rings (SSSR count). The number of ether oxygens (including phenoxy) is 1. The monoisotopic (exact) mass is 421 g/mol. The second-order valence-electron chi connectivity index (χ2n) is 8.99. The van der Waals surface area contributed by atoms with E-state index in [2.05, 4.69) is 41.5 Å². The van der Waals surface area contributed by atoms with Crippen LogP contribution in [0.5, 0.6) is 5.88 Å². The van der Waals surface area contributed by atoms with Gasteiger partial charge >= 0.3 is 11.9 Å². The number of carbonyl (C=O) groups is 2. The molecule has 2 aliphatic rings. The van der Waals surface area contributed by atoms with E-state index in [1.807, 2.05) is 0 Å². The SMILES string of the molecule is CC(C)(C)C1CCN(CCOc2cc3n(n2)CCCC3)CC1.O=C(O)/C=C\C(=O)O. The van der Waals surface area contributed by atoms with Crippen molar-refractivity contribution in [1.29, 1.82) is 0 Å². The van der Waals surface area contributed by atoms with Gasteiger partial charge in [0.15, 0.2) is 0 Å². The lowest BCUT2D eigenvalue weighted by Crippen LogP contribution is -2.39. The van der Waals surface area contributed by atoms with Gasteiger partial charge in [-0.05, 0) is 56.5 Å². The van der Waals surface area contributed by atoms with Gasteiger partial charge in [0.1, 0.15) is 6.61 Å². The number of aromatic nitrogens is 2. The number of nitrogens with zero attached hydrogens (tertiary/aromatic N) is 3. The molecule has 1 aromatic heterocycles. The molecule has 1 aromatic rings. The van der Waals surface area contributed by atoms with Crippen LogP contribution in [0, 0.1) is 11.3 Å². The van der Waals surface area contributed by atoms with E-state index < -0.39 is 11.9 Å². The van der Waals surface area contributed by atoms with Crippen molar-refractivity contribution in [2.75, 3.05) is 26.2 Å². The highest BCUT2D eigenvalue weighted by atomic mass is 16.5. The van der Waals surface area contributed by atoms with E-state index >= 15 is 0 Å². The summed E-state index contributed by atoms with van der Waals surface area (Å²) < 4.78 is 8.00. The first-order valence-electron chi connectivity index (χ1n) is 10.7. The molecule has 8 nitrogen and oxygen atoms in total. The molecule has 0 aromatic carbocycles. The maximum atomic E-state index is 9.55. The van der Waals surface area contributed by atoms with Gasteiger partial charge in [0.25, 0.3) is 0 Å². The van der Waals surface area contributed by atoms with Crippen LogP contribution >= 0.6 is 0 Å². The van der Waals surface area contributed by atoms with Crippen molar-refractivity contribution < 1.29 is 24.5 Å². The van der Waals surface area contributed by atoms with Crippen LogP contribution in [-0.2, 0) is 22.6 Å². The maximum absolute atomic E-state index is 9.55. The van der Waals surface area contributed by atoms with Crippen LogP contribution in [0.4, 0.5) is 0 Å². The van der Waals surface area contributed by atoms with Gasteiger partial charge in [0.05, 0.1) is 0 Å². The second-order valence-corrected chi connectivity index (χ2v) is 8.99. The van der Waals surface area contributed by atoms with Crippen molar-refractivity contribution >= 4 is 11.9 Å². The largest absolute Gasteiger partial charge is 0.478 e. The fourth-order valence-corrected chi connectivity index (χ4v) is 3.91. The Morgan fingerprint density at radius 2 is 1.77 bits per heavy atom. The molecule has 30 heavy (non-hydrogen) atoms. The molecule has 8 heteroatoms. The van der Waals surface area contributed by atoms with Crippen molar-refractivity contribution in [2.45, 2.75) is 59.4 Å². The Morgan fingerprint density at radius 3 is 2.30 bits per heavy atom. The number of aliphatic carboxylic acids is 2. The van der Waals surface area contributed by atoms with E-state index in [-0.39, 0.29) is 0 Å². The molecule has 3 heterocycles. The summed E-state index contributed by atoms with van der Waals surface area (Å²) in [6.07, 6.45) is 7.44. The first kappa shape index (κ1) is 23.9. The van der Waals surface area contributed by atoms with Crippen LogP contribution < -0.4 is 4.74 Å². The van der Waals surface area contributed by atoms with Crippen molar-refractivity contribution in [1.82, 2.24) is 14.7 Å². The summed E-state index contributed by atoms with van der Waals surface area (Å²) in [6.45, 7) is 12.4. The van der Waals surface area contributed by atoms with Crippen LogP contribution in [0.1, 0.15) is 52.1 Å². The molecular weight excluding hydrogens is 386 g/mol. The lowest BCUT2D eigenvalue weighted by molar-refractivity contribution is -0.134. The van der Waals surface area contributed by atoms with Gasteiger partial charge in [-0.1, -0.05) is 20.8 Å². The molecule has 2 N–H and O–H groups in total. The van der Waals surface area contributed by atoms with Crippen LogP contribution in [-0.4, -0.2) is 63.1 Å². The number of aryl methyl sites for hydroxylation is 2. The molecule has 0 unspecified atom stereocenters. The zero-order valence-corrected chi connectivity index (χ0v) is 18.3. The predicted molar refractivity (Wildman–Crippen MR) is 114 cm³/mol. The van der Waals surface area contributed by atoms with Gasteiger partial charge < -0.3 is 14.9 Å². The number of hydrogen-bond acceptors (Lipinski definition) is 5. The van der Waals surface area contributed by atoms with E-state index in [4.69, 9.17) is 14.9 Å². The van der Waals surface area contributed by atoms with Gasteiger partial charge in [0, 0.05) is 37.0 Å². The number of piperidine rings is 1. The number of carboxylic acids is 2. The van der Waals surface area contributed by atoms with E-state index in [1.54, 1.807) is 0 Å². The molecule has 0 atom stereocenters. The smallest absolute Gasteiger partial charge is 0.328 e. The normalized spacial score (nSPS) is 17.8. The highest BCUT2D eigenvalue weighted by Gasteiger charge is 2.28. The van der Waals surface area contributed by atoms with Crippen LogP contribution in [0.25, 0.3) is 0 Å².